The lowest BCUT2D eigenvalue weighted by Gasteiger charge is -2.10. The molecule has 0 unspecified atom stereocenters. The molecule has 1 aromatic heterocycles. The molecule has 0 saturated heterocycles. The van der Waals surface area contributed by atoms with Gasteiger partial charge in [-0.2, -0.15) is 0 Å². The van der Waals surface area contributed by atoms with Gasteiger partial charge in [0.15, 0.2) is 11.6 Å². The summed E-state index contributed by atoms with van der Waals surface area (Å²) in [7, 11) is 0. The first-order valence-electron chi connectivity index (χ1n) is 8.74. The lowest BCUT2D eigenvalue weighted by molar-refractivity contribution is 0.0950. The molecule has 0 aliphatic carbocycles. The molecular weight excluding hydrogens is 402 g/mol. The fourth-order valence-corrected chi connectivity index (χ4v) is 2.72. The average Bonchev–Trinajstić information content (AvgIpc) is 2.71. The van der Waals surface area contributed by atoms with Crippen LogP contribution in [-0.4, -0.2) is 17.5 Å². The molecule has 150 valence electrons. The van der Waals surface area contributed by atoms with E-state index in [4.69, 9.17) is 21.1 Å². The Bertz CT molecular complexity index is 1010. The van der Waals surface area contributed by atoms with Gasteiger partial charge in [-0.05, 0) is 55.0 Å². The lowest BCUT2D eigenvalue weighted by Crippen LogP contribution is -2.23. The van der Waals surface area contributed by atoms with Crippen molar-refractivity contribution in [1.82, 2.24) is 10.3 Å². The number of nitrogens with zero attached hydrogens (tertiary/aromatic N) is 1. The van der Waals surface area contributed by atoms with Crippen LogP contribution in [0.5, 0.6) is 17.4 Å². The van der Waals surface area contributed by atoms with Gasteiger partial charge in [0.2, 0.25) is 5.88 Å². The van der Waals surface area contributed by atoms with Gasteiger partial charge in [-0.3, -0.25) is 4.79 Å². The topological polar surface area (TPSA) is 60.5 Å². The summed E-state index contributed by atoms with van der Waals surface area (Å²) in [5.74, 6) is -1.23. The van der Waals surface area contributed by atoms with Crippen molar-refractivity contribution in [1.29, 1.82) is 0 Å². The van der Waals surface area contributed by atoms with E-state index in [1.54, 1.807) is 36.4 Å². The van der Waals surface area contributed by atoms with Gasteiger partial charge in [0.05, 0.1) is 17.2 Å². The Kier molecular flexibility index (Phi) is 6.61. The number of nitrogens with one attached hydrogen (secondary N) is 1. The van der Waals surface area contributed by atoms with Crippen molar-refractivity contribution < 1.29 is 23.0 Å². The van der Waals surface area contributed by atoms with Crippen LogP contribution in [0, 0.1) is 11.6 Å². The van der Waals surface area contributed by atoms with Gasteiger partial charge in [-0.15, -0.1) is 0 Å². The van der Waals surface area contributed by atoms with E-state index >= 15 is 0 Å². The number of ether oxygens (including phenoxy) is 2. The van der Waals surface area contributed by atoms with E-state index in [-0.39, 0.29) is 17.1 Å². The van der Waals surface area contributed by atoms with Crippen molar-refractivity contribution in [2.45, 2.75) is 13.5 Å². The third-order valence-electron chi connectivity index (χ3n) is 3.86. The summed E-state index contributed by atoms with van der Waals surface area (Å²) in [5, 5.41) is 2.43. The first-order valence-corrected chi connectivity index (χ1v) is 9.12. The number of amides is 1. The number of halogens is 3. The molecule has 29 heavy (non-hydrogen) atoms. The van der Waals surface area contributed by atoms with Crippen LogP contribution in [0.4, 0.5) is 8.78 Å². The molecule has 0 saturated carbocycles. The van der Waals surface area contributed by atoms with E-state index in [1.165, 1.54) is 6.20 Å². The van der Waals surface area contributed by atoms with Crippen molar-refractivity contribution >= 4 is 17.5 Å². The highest BCUT2D eigenvalue weighted by Crippen LogP contribution is 2.23. The lowest BCUT2D eigenvalue weighted by atomic mass is 10.2. The molecule has 1 heterocycles. The molecule has 0 spiro atoms. The van der Waals surface area contributed by atoms with Gasteiger partial charge in [0.25, 0.3) is 5.91 Å². The zero-order valence-corrected chi connectivity index (χ0v) is 16.2. The fourth-order valence-electron chi connectivity index (χ4n) is 2.48. The summed E-state index contributed by atoms with van der Waals surface area (Å²) in [6, 6.07) is 12.0. The Hall–Kier alpha value is -3.19. The van der Waals surface area contributed by atoms with Crippen molar-refractivity contribution in [3.8, 4) is 17.4 Å². The van der Waals surface area contributed by atoms with E-state index in [0.717, 1.165) is 17.9 Å². The zero-order chi connectivity index (χ0) is 20.8. The molecule has 0 radical (unpaired) electrons. The third-order valence-corrected chi connectivity index (χ3v) is 4.18. The molecule has 0 aliphatic rings. The van der Waals surface area contributed by atoms with E-state index in [9.17, 15) is 13.6 Å². The largest absolute Gasteiger partial charge is 0.494 e. The molecule has 3 aromatic rings. The second kappa shape index (κ2) is 9.34. The number of aromatic nitrogens is 1. The van der Waals surface area contributed by atoms with Gasteiger partial charge >= 0.3 is 0 Å². The number of hydrogen-bond donors (Lipinski definition) is 1. The predicted molar refractivity (Wildman–Crippen MR) is 104 cm³/mol. The van der Waals surface area contributed by atoms with Crippen LogP contribution in [0.25, 0.3) is 0 Å². The van der Waals surface area contributed by atoms with Crippen LogP contribution in [0.2, 0.25) is 5.02 Å². The smallest absolute Gasteiger partial charge is 0.253 e. The van der Waals surface area contributed by atoms with Crippen LogP contribution in [0.1, 0.15) is 22.8 Å². The standard InChI is InChI=1S/C21H17ClF2N2O3/c1-2-28-14-3-5-15(6-4-14)29-20-9-13(7-8-25-20)12-26-21(27)16-10-18(23)19(24)11-17(16)22/h3-11H,2,12H2,1H3,(H,26,27). The number of carbonyl (C=O) groups excluding carboxylic acids is 1. The normalized spacial score (nSPS) is 10.5. The van der Waals surface area contributed by atoms with Crippen LogP contribution in [-0.2, 0) is 6.54 Å². The third kappa shape index (κ3) is 5.42. The number of rotatable bonds is 7. The highest BCUT2D eigenvalue weighted by Gasteiger charge is 2.15. The Labute approximate surface area is 171 Å². The van der Waals surface area contributed by atoms with E-state index in [0.29, 0.717) is 23.8 Å². The van der Waals surface area contributed by atoms with Gasteiger partial charge in [0.1, 0.15) is 11.5 Å². The monoisotopic (exact) mass is 418 g/mol. The Morgan fingerprint density at radius 2 is 1.76 bits per heavy atom. The zero-order valence-electron chi connectivity index (χ0n) is 15.4. The molecule has 1 N–H and O–H groups in total. The van der Waals surface area contributed by atoms with Crippen LogP contribution in [0.15, 0.2) is 54.7 Å². The molecule has 0 fully saturated rings. The van der Waals surface area contributed by atoms with Crippen LogP contribution in [0.3, 0.4) is 0 Å². The number of benzene rings is 2. The fraction of sp³-hybridized carbons (Fsp3) is 0.143. The summed E-state index contributed by atoms with van der Waals surface area (Å²) in [4.78, 5) is 16.4. The minimum absolute atomic E-state index is 0.121. The van der Waals surface area contributed by atoms with E-state index in [2.05, 4.69) is 10.3 Å². The van der Waals surface area contributed by atoms with Crippen LogP contribution < -0.4 is 14.8 Å². The van der Waals surface area contributed by atoms with Crippen molar-refractivity contribution in [3.05, 3.63) is 82.5 Å². The molecule has 2 aromatic carbocycles. The maximum absolute atomic E-state index is 13.4. The van der Waals surface area contributed by atoms with E-state index < -0.39 is 17.5 Å². The molecule has 0 atom stereocenters. The maximum atomic E-state index is 13.4. The number of hydrogen-bond acceptors (Lipinski definition) is 4. The second-order valence-electron chi connectivity index (χ2n) is 5.94. The van der Waals surface area contributed by atoms with Crippen molar-refractivity contribution in [2.75, 3.05) is 6.61 Å². The molecule has 0 bridgehead atoms. The first kappa shape index (κ1) is 20.5. The van der Waals surface area contributed by atoms with Gasteiger partial charge in [-0.25, -0.2) is 13.8 Å². The van der Waals surface area contributed by atoms with Gasteiger partial charge in [0, 0.05) is 18.8 Å². The number of pyridine rings is 1. The minimum Gasteiger partial charge on any atom is -0.494 e. The molecule has 5 nitrogen and oxygen atoms in total. The van der Waals surface area contributed by atoms with Crippen molar-refractivity contribution in [3.63, 3.8) is 0 Å². The second-order valence-corrected chi connectivity index (χ2v) is 6.34. The summed E-state index contributed by atoms with van der Waals surface area (Å²) in [5.41, 5.74) is 0.554. The minimum atomic E-state index is -1.14. The molecule has 8 heteroatoms. The Morgan fingerprint density at radius 3 is 2.48 bits per heavy atom. The Morgan fingerprint density at radius 1 is 1.07 bits per heavy atom. The number of carbonyl (C=O) groups is 1. The molecule has 0 aliphatic heterocycles. The average molecular weight is 419 g/mol. The van der Waals surface area contributed by atoms with E-state index in [1.807, 2.05) is 6.92 Å². The summed E-state index contributed by atoms with van der Waals surface area (Å²) in [6.45, 7) is 2.60. The van der Waals surface area contributed by atoms with Crippen LogP contribution >= 0.6 is 11.6 Å². The van der Waals surface area contributed by atoms with Crippen molar-refractivity contribution in [2.24, 2.45) is 0 Å². The quantitative estimate of drug-likeness (QED) is 0.540. The molecule has 3 rings (SSSR count). The SMILES string of the molecule is CCOc1ccc(Oc2cc(CNC(=O)c3cc(F)c(F)cc3Cl)ccn2)cc1. The summed E-state index contributed by atoms with van der Waals surface area (Å²) >= 11 is 5.82. The highest BCUT2D eigenvalue weighted by molar-refractivity contribution is 6.33. The first-order chi connectivity index (χ1) is 14.0. The highest BCUT2D eigenvalue weighted by atomic mass is 35.5. The Balaban J connectivity index is 1.64. The molecular formula is C21H17ClF2N2O3. The summed E-state index contributed by atoms with van der Waals surface area (Å²) in [6.07, 6.45) is 1.54. The molecule has 1 amide bonds. The van der Waals surface area contributed by atoms with Gasteiger partial charge < -0.3 is 14.8 Å². The summed E-state index contributed by atoms with van der Waals surface area (Å²) < 4.78 is 37.6. The van der Waals surface area contributed by atoms with Gasteiger partial charge in [-0.1, -0.05) is 11.6 Å². The maximum Gasteiger partial charge on any atom is 0.253 e. The predicted octanol–water partition coefficient (Wildman–Crippen LogP) is 5.13.